The van der Waals surface area contributed by atoms with Crippen molar-refractivity contribution in [2.45, 2.75) is 13.3 Å². The molecule has 0 radical (unpaired) electrons. The second-order valence-corrected chi connectivity index (χ2v) is 6.19. The van der Waals surface area contributed by atoms with Crippen LogP contribution < -0.4 is 10.6 Å². The van der Waals surface area contributed by atoms with Gasteiger partial charge < -0.3 is 10.6 Å². The topological polar surface area (TPSA) is 71.1 Å². The van der Waals surface area contributed by atoms with Gasteiger partial charge in [-0.3, -0.25) is 9.59 Å². The first-order valence-corrected chi connectivity index (χ1v) is 8.73. The molecule has 0 saturated heterocycles. The molecule has 132 valence electrons. The van der Waals surface area contributed by atoms with E-state index in [0.717, 1.165) is 21.9 Å². The normalized spacial score (nSPS) is 10.5. The number of halogens is 1. The maximum Gasteiger partial charge on any atom is 0.225 e. The molecule has 5 nitrogen and oxygen atoms in total. The zero-order valence-corrected chi connectivity index (χ0v) is 15.0. The maximum atomic E-state index is 11.7. The number of nitrogens with zero attached hydrogens (tertiary/aromatic N) is 1. The summed E-state index contributed by atoms with van der Waals surface area (Å²) in [4.78, 5) is 27.6. The van der Waals surface area contributed by atoms with E-state index in [2.05, 4.69) is 15.6 Å². The van der Waals surface area contributed by atoms with Gasteiger partial charge in [0.1, 0.15) is 5.82 Å². The fourth-order valence-corrected chi connectivity index (χ4v) is 2.92. The number of hydrogen-bond acceptors (Lipinski definition) is 3. The summed E-state index contributed by atoms with van der Waals surface area (Å²) >= 11 is 5.58. The molecule has 2 amide bonds. The van der Waals surface area contributed by atoms with Crippen molar-refractivity contribution in [3.05, 3.63) is 54.7 Å². The number of benzene rings is 2. The van der Waals surface area contributed by atoms with Crippen LogP contribution in [0.3, 0.4) is 0 Å². The average Bonchev–Trinajstić information content (AvgIpc) is 2.62. The van der Waals surface area contributed by atoms with Crippen LogP contribution in [0.1, 0.15) is 13.3 Å². The molecule has 26 heavy (non-hydrogen) atoms. The van der Waals surface area contributed by atoms with Crippen LogP contribution in [-0.2, 0) is 9.59 Å². The number of pyridine rings is 1. The van der Waals surface area contributed by atoms with Crippen molar-refractivity contribution in [3.8, 4) is 11.1 Å². The van der Waals surface area contributed by atoms with Crippen LogP contribution in [0, 0.1) is 0 Å². The number of hydrogen-bond donors (Lipinski definition) is 2. The molecule has 0 aliphatic carbocycles. The highest BCUT2D eigenvalue weighted by Gasteiger charge is 2.13. The third kappa shape index (κ3) is 4.00. The molecule has 6 heteroatoms. The van der Waals surface area contributed by atoms with E-state index in [0.29, 0.717) is 11.5 Å². The van der Waals surface area contributed by atoms with E-state index in [9.17, 15) is 9.59 Å². The lowest BCUT2D eigenvalue weighted by Gasteiger charge is -2.13. The first-order valence-electron chi connectivity index (χ1n) is 8.20. The van der Waals surface area contributed by atoms with Crippen molar-refractivity contribution in [2.75, 3.05) is 16.5 Å². The van der Waals surface area contributed by atoms with Gasteiger partial charge in [0.25, 0.3) is 0 Å². The van der Waals surface area contributed by atoms with Gasteiger partial charge in [-0.25, -0.2) is 4.98 Å². The molecule has 1 heterocycles. The number of carbonyl (C=O) groups is 2. The van der Waals surface area contributed by atoms with Gasteiger partial charge in [0.05, 0.1) is 0 Å². The van der Waals surface area contributed by atoms with Crippen LogP contribution >= 0.6 is 11.6 Å². The van der Waals surface area contributed by atoms with Crippen molar-refractivity contribution in [1.82, 2.24) is 4.98 Å². The van der Waals surface area contributed by atoms with E-state index in [1.807, 2.05) is 48.5 Å². The third-order valence-electron chi connectivity index (χ3n) is 3.87. The zero-order valence-electron chi connectivity index (χ0n) is 14.3. The molecule has 0 bridgehead atoms. The highest BCUT2D eigenvalue weighted by molar-refractivity contribution is 6.19. The first kappa shape index (κ1) is 17.9. The molecule has 0 saturated carbocycles. The second kappa shape index (κ2) is 7.97. The van der Waals surface area contributed by atoms with Crippen molar-refractivity contribution in [2.24, 2.45) is 0 Å². The number of fused-ring (bicyclic) bond motifs is 1. The molecule has 0 unspecified atom stereocenters. The van der Waals surface area contributed by atoms with Crippen molar-refractivity contribution in [3.63, 3.8) is 0 Å². The van der Waals surface area contributed by atoms with Crippen LogP contribution in [0.4, 0.5) is 11.5 Å². The number of anilines is 2. The lowest BCUT2D eigenvalue weighted by Crippen LogP contribution is -2.11. The Balaban J connectivity index is 2.03. The van der Waals surface area contributed by atoms with Gasteiger partial charge in [-0.05, 0) is 23.1 Å². The number of carbonyl (C=O) groups excluding carboxylic acids is 2. The highest BCUT2D eigenvalue weighted by atomic mass is 35.5. The monoisotopic (exact) mass is 367 g/mol. The van der Waals surface area contributed by atoms with E-state index < -0.39 is 0 Å². The SMILES string of the molecule is CC(=O)Nc1ncc2ccccc2c1-c1ccc(NC(=O)CCCl)cc1. The maximum absolute atomic E-state index is 11.7. The van der Waals surface area contributed by atoms with Crippen molar-refractivity contribution in [1.29, 1.82) is 0 Å². The van der Waals surface area contributed by atoms with E-state index >= 15 is 0 Å². The Morgan fingerprint density at radius 3 is 2.46 bits per heavy atom. The molecular weight excluding hydrogens is 350 g/mol. The molecule has 0 fully saturated rings. The Morgan fingerprint density at radius 2 is 1.77 bits per heavy atom. The van der Waals surface area contributed by atoms with E-state index in [-0.39, 0.29) is 24.1 Å². The van der Waals surface area contributed by atoms with Crippen LogP contribution in [0.25, 0.3) is 21.9 Å². The molecule has 2 aromatic carbocycles. The first-order chi connectivity index (χ1) is 12.6. The zero-order chi connectivity index (χ0) is 18.5. The van der Waals surface area contributed by atoms with Crippen molar-refractivity contribution >= 4 is 45.7 Å². The van der Waals surface area contributed by atoms with E-state index in [1.165, 1.54) is 6.92 Å². The number of alkyl halides is 1. The minimum atomic E-state index is -0.181. The quantitative estimate of drug-likeness (QED) is 0.655. The van der Waals surface area contributed by atoms with Crippen LogP contribution in [-0.4, -0.2) is 22.7 Å². The van der Waals surface area contributed by atoms with E-state index in [4.69, 9.17) is 11.6 Å². The van der Waals surface area contributed by atoms with Crippen LogP contribution in [0.5, 0.6) is 0 Å². The number of amides is 2. The minimum Gasteiger partial charge on any atom is -0.326 e. The van der Waals surface area contributed by atoms with Gasteiger partial charge in [0.2, 0.25) is 11.8 Å². The van der Waals surface area contributed by atoms with Crippen LogP contribution in [0.15, 0.2) is 54.7 Å². The molecule has 0 aliphatic heterocycles. The number of nitrogens with one attached hydrogen (secondary N) is 2. The minimum absolute atomic E-state index is 0.126. The lowest BCUT2D eigenvalue weighted by atomic mass is 9.99. The summed E-state index contributed by atoms with van der Waals surface area (Å²) in [5, 5.41) is 7.56. The molecule has 1 aromatic heterocycles. The molecule has 2 N–H and O–H groups in total. The van der Waals surface area contributed by atoms with Gasteiger partial charge in [0, 0.05) is 42.1 Å². The third-order valence-corrected chi connectivity index (χ3v) is 4.06. The fraction of sp³-hybridized carbons (Fsp3) is 0.150. The predicted octanol–water partition coefficient (Wildman–Crippen LogP) is 4.43. The number of rotatable bonds is 5. The second-order valence-electron chi connectivity index (χ2n) is 5.81. The van der Waals surface area contributed by atoms with Gasteiger partial charge >= 0.3 is 0 Å². The summed E-state index contributed by atoms with van der Waals surface area (Å²) in [6.45, 7) is 1.45. The van der Waals surface area contributed by atoms with Gasteiger partial charge in [-0.15, -0.1) is 11.6 Å². The molecule has 0 aliphatic rings. The molecule has 3 aromatic rings. The summed E-state index contributed by atoms with van der Waals surface area (Å²) < 4.78 is 0. The predicted molar refractivity (Wildman–Crippen MR) is 105 cm³/mol. The fourth-order valence-electron chi connectivity index (χ4n) is 2.75. The smallest absolute Gasteiger partial charge is 0.225 e. The number of aromatic nitrogens is 1. The Kier molecular flexibility index (Phi) is 5.49. The summed E-state index contributed by atoms with van der Waals surface area (Å²) in [5.74, 6) is 0.485. The molecule has 0 atom stereocenters. The summed E-state index contributed by atoms with van der Waals surface area (Å²) in [6.07, 6.45) is 2.01. The summed E-state index contributed by atoms with van der Waals surface area (Å²) in [7, 11) is 0. The van der Waals surface area contributed by atoms with Gasteiger partial charge in [-0.1, -0.05) is 36.4 Å². The van der Waals surface area contributed by atoms with Gasteiger partial charge in [-0.2, -0.15) is 0 Å². The largest absolute Gasteiger partial charge is 0.326 e. The highest BCUT2D eigenvalue weighted by Crippen LogP contribution is 2.34. The van der Waals surface area contributed by atoms with Crippen molar-refractivity contribution < 1.29 is 9.59 Å². The Morgan fingerprint density at radius 1 is 1.04 bits per heavy atom. The standard InChI is InChI=1S/C20H18ClN3O2/c1-13(25)23-20-19(17-5-3-2-4-15(17)12-22-20)14-6-8-16(9-7-14)24-18(26)10-11-21/h2-9,12H,10-11H2,1H3,(H,24,26)(H,22,23,25). The summed E-state index contributed by atoms with van der Waals surface area (Å²) in [6, 6.07) is 15.3. The molecular formula is C20H18ClN3O2. The molecule has 3 rings (SSSR count). The summed E-state index contributed by atoms with van der Waals surface area (Å²) in [5.41, 5.74) is 2.43. The average molecular weight is 368 g/mol. The van der Waals surface area contributed by atoms with E-state index in [1.54, 1.807) is 6.20 Å². The Hall–Kier alpha value is -2.92. The molecule has 0 spiro atoms. The Labute approximate surface area is 156 Å². The Bertz CT molecular complexity index is 955. The van der Waals surface area contributed by atoms with Gasteiger partial charge in [0.15, 0.2) is 0 Å². The van der Waals surface area contributed by atoms with Crippen LogP contribution in [0.2, 0.25) is 0 Å². The lowest BCUT2D eigenvalue weighted by molar-refractivity contribution is -0.116.